The Morgan fingerprint density at radius 2 is 1.76 bits per heavy atom. The number of nitrogens with zero attached hydrogens (tertiary/aromatic N) is 1. The van der Waals surface area contributed by atoms with Gasteiger partial charge in [0.2, 0.25) is 0 Å². The largest absolute Gasteiger partial charge is 0.488 e. The zero-order chi connectivity index (χ0) is 17.6. The van der Waals surface area contributed by atoms with Crippen molar-refractivity contribution in [2.75, 3.05) is 0 Å². The fraction of sp³-hybridized carbons (Fsp3) is 0.0952. The lowest BCUT2D eigenvalue weighted by molar-refractivity contribution is 0.299. The monoisotopic (exact) mass is 353 g/mol. The molecule has 0 saturated heterocycles. The smallest absolute Gasteiger partial charge is 0.129 e. The Hall–Kier alpha value is -2.65. The average molecular weight is 354 g/mol. The van der Waals surface area contributed by atoms with Crippen molar-refractivity contribution < 1.29 is 9.13 Å². The van der Waals surface area contributed by atoms with Gasteiger partial charge in [-0.3, -0.25) is 4.99 Å². The van der Waals surface area contributed by atoms with Crippen molar-refractivity contribution in [1.29, 1.82) is 0 Å². The van der Waals surface area contributed by atoms with Crippen LogP contribution in [0.15, 0.2) is 71.7 Å². The second-order valence-electron chi connectivity index (χ2n) is 5.56. The average Bonchev–Trinajstić information content (AvgIpc) is 2.63. The van der Waals surface area contributed by atoms with E-state index in [4.69, 9.17) is 16.3 Å². The van der Waals surface area contributed by atoms with Gasteiger partial charge in [-0.1, -0.05) is 48.0 Å². The summed E-state index contributed by atoms with van der Waals surface area (Å²) in [6.45, 7) is 2.09. The first-order valence-corrected chi connectivity index (χ1v) is 8.27. The van der Waals surface area contributed by atoms with Crippen LogP contribution in [-0.4, -0.2) is 6.21 Å². The predicted molar refractivity (Wildman–Crippen MR) is 101 cm³/mol. The maximum absolute atomic E-state index is 13.7. The molecule has 3 rings (SSSR count). The molecule has 0 fully saturated rings. The van der Waals surface area contributed by atoms with E-state index in [1.807, 2.05) is 49.4 Å². The highest BCUT2D eigenvalue weighted by Gasteiger charge is 2.05. The van der Waals surface area contributed by atoms with Gasteiger partial charge in [-0.15, -0.1) is 0 Å². The minimum Gasteiger partial charge on any atom is -0.488 e. The third-order valence-electron chi connectivity index (χ3n) is 3.84. The molecule has 0 heterocycles. The molecule has 0 aliphatic heterocycles. The van der Waals surface area contributed by atoms with Crippen LogP contribution in [0, 0.1) is 12.7 Å². The van der Waals surface area contributed by atoms with Crippen molar-refractivity contribution in [3.8, 4) is 5.75 Å². The van der Waals surface area contributed by atoms with Gasteiger partial charge in [-0.25, -0.2) is 4.39 Å². The Labute approximate surface area is 151 Å². The van der Waals surface area contributed by atoms with E-state index >= 15 is 0 Å². The first-order valence-electron chi connectivity index (χ1n) is 7.89. The Morgan fingerprint density at radius 1 is 1.00 bits per heavy atom. The second kappa shape index (κ2) is 7.95. The fourth-order valence-corrected chi connectivity index (χ4v) is 2.53. The van der Waals surface area contributed by atoms with E-state index in [2.05, 4.69) is 4.99 Å². The van der Waals surface area contributed by atoms with Gasteiger partial charge in [0.05, 0.1) is 5.69 Å². The van der Waals surface area contributed by atoms with Crippen LogP contribution in [0.1, 0.15) is 16.7 Å². The third-order valence-corrected chi connectivity index (χ3v) is 4.25. The zero-order valence-electron chi connectivity index (χ0n) is 13.7. The zero-order valence-corrected chi connectivity index (χ0v) is 14.5. The standard InChI is InChI=1S/C21H17ClFNO/c1-15-18(22)9-6-11-20(15)24-13-16-7-3-5-12-21(16)25-14-17-8-2-4-10-19(17)23/h2-13H,14H2,1H3. The summed E-state index contributed by atoms with van der Waals surface area (Å²) < 4.78 is 19.5. The fourth-order valence-electron chi connectivity index (χ4n) is 2.36. The number of benzene rings is 3. The van der Waals surface area contributed by atoms with Gasteiger partial charge >= 0.3 is 0 Å². The third kappa shape index (κ3) is 4.25. The summed E-state index contributed by atoms with van der Waals surface area (Å²) in [5, 5.41) is 0.679. The lowest BCUT2D eigenvalue weighted by Gasteiger charge is -2.10. The quantitative estimate of drug-likeness (QED) is 0.506. The van der Waals surface area contributed by atoms with Gasteiger partial charge in [-0.05, 0) is 42.8 Å². The minimum atomic E-state index is -0.275. The molecule has 0 N–H and O–H groups in total. The number of hydrogen-bond acceptors (Lipinski definition) is 2. The minimum absolute atomic E-state index is 0.160. The topological polar surface area (TPSA) is 21.6 Å². The summed E-state index contributed by atoms with van der Waals surface area (Å²) in [6.07, 6.45) is 1.73. The van der Waals surface area contributed by atoms with Crippen LogP contribution in [-0.2, 0) is 6.61 Å². The summed E-state index contributed by atoms with van der Waals surface area (Å²) >= 11 is 6.13. The molecule has 0 saturated carbocycles. The molecule has 0 aliphatic rings. The van der Waals surface area contributed by atoms with Gasteiger partial charge in [0.25, 0.3) is 0 Å². The molecule has 0 atom stereocenters. The van der Waals surface area contributed by atoms with E-state index in [0.717, 1.165) is 16.8 Å². The molecule has 0 radical (unpaired) electrons. The Morgan fingerprint density at radius 3 is 2.60 bits per heavy atom. The molecular weight excluding hydrogens is 337 g/mol. The summed E-state index contributed by atoms with van der Waals surface area (Å²) in [6, 6.07) is 19.7. The Balaban J connectivity index is 1.80. The van der Waals surface area contributed by atoms with Crippen LogP contribution < -0.4 is 4.74 Å². The molecule has 0 amide bonds. The molecule has 3 aromatic rings. The van der Waals surface area contributed by atoms with Crippen molar-refractivity contribution in [2.45, 2.75) is 13.5 Å². The Kier molecular flexibility index (Phi) is 5.46. The number of para-hydroxylation sites is 1. The number of ether oxygens (including phenoxy) is 1. The van der Waals surface area contributed by atoms with Crippen LogP contribution >= 0.6 is 11.6 Å². The van der Waals surface area contributed by atoms with E-state index in [-0.39, 0.29) is 12.4 Å². The molecule has 25 heavy (non-hydrogen) atoms. The van der Waals surface area contributed by atoms with Gasteiger partial charge in [0.15, 0.2) is 0 Å². The number of hydrogen-bond donors (Lipinski definition) is 0. The number of aliphatic imine (C=N–C) groups is 1. The highest BCUT2D eigenvalue weighted by atomic mass is 35.5. The number of halogens is 2. The highest BCUT2D eigenvalue weighted by molar-refractivity contribution is 6.31. The van der Waals surface area contributed by atoms with E-state index in [1.54, 1.807) is 24.4 Å². The van der Waals surface area contributed by atoms with Crippen LogP contribution in [0.2, 0.25) is 5.02 Å². The van der Waals surface area contributed by atoms with Gasteiger partial charge in [-0.2, -0.15) is 0 Å². The first-order chi connectivity index (χ1) is 12.1. The van der Waals surface area contributed by atoms with Crippen molar-refractivity contribution in [3.63, 3.8) is 0 Å². The Bertz CT molecular complexity index is 908. The van der Waals surface area contributed by atoms with Crippen molar-refractivity contribution in [2.24, 2.45) is 4.99 Å². The normalized spacial score (nSPS) is 11.0. The molecule has 3 aromatic carbocycles. The summed E-state index contributed by atoms with van der Waals surface area (Å²) in [4.78, 5) is 4.51. The highest BCUT2D eigenvalue weighted by Crippen LogP contribution is 2.26. The van der Waals surface area contributed by atoms with Crippen LogP contribution in [0.5, 0.6) is 5.75 Å². The predicted octanol–water partition coefficient (Wildman–Crippen LogP) is 6.12. The molecule has 126 valence electrons. The molecule has 0 spiro atoms. The molecule has 0 unspecified atom stereocenters. The van der Waals surface area contributed by atoms with Crippen LogP contribution in [0.4, 0.5) is 10.1 Å². The molecule has 0 aliphatic carbocycles. The van der Waals surface area contributed by atoms with Crippen molar-refractivity contribution in [3.05, 3.63) is 94.3 Å². The molecule has 0 aromatic heterocycles. The summed E-state index contributed by atoms with van der Waals surface area (Å²) in [7, 11) is 0. The van der Waals surface area contributed by atoms with E-state index in [9.17, 15) is 4.39 Å². The maximum atomic E-state index is 13.7. The van der Waals surface area contributed by atoms with Crippen LogP contribution in [0.3, 0.4) is 0 Å². The number of rotatable bonds is 5. The van der Waals surface area contributed by atoms with Crippen LogP contribution in [0.25, 0.3) is 0 Å². The van der Waals surface area contributed by atoms with Gasteiger partial charge in [0, 0.05) is 22.4 Å². The summed E-state index contributed by atoms with van der Waals surface area (Å²) in [5.41, 5.74) is 3.06. The van der Waals surface area contributed by atoms with E-state index < -0.39 is 0 Å². The molecular formula is C21H17ClFNO. The lowest BCUT2D eigenvalue weighted by Crippen LogP contribution is -2.00. The van der Waals surface area contributed by atoms with Crippen molar-refractivity contribution in [1.82, 2.24) is 0 Å². The van der Waals surface area contributed by atoms with Gasteiger partial charge < -0.3 is 4.74 Å². The SMILES string of the molecule is Cc1c(Cl)cccc1N=Cc1ccccc1OCc1ccccc1F. The van der Waals surface area contributed by atoms with Gasteiger partial charge in [0.1, 0.15) is 18.2 Å². The van der Waals surface area contributed by atoms with Crippen molar-refractivity contribution >= 4 is 23.5 Å². The maximum Gasteiger partial charge on any atom is 0.129 e. The molecule has 4 heteroatoms. The van der Waals surface area contributed by atoms with E-state index in [0.29, 0.717) is 16.3 Å². The second-order valence-corrected chi connectivity index (χ2v) is 5.97. The molecule has 0 bridgehead atoms. The first kappa shape index (κ1) is 17.2. The molecule has 2 nitrogen and oxygen atoms in total. The van der Waals surface area contributed by atoms with E-state index in [1.165, 1.54) is 6.07 Å². The summed E-state index contributed by atoms with van der Waals surface area (Å²) in [5.74, 6) is 0.373. The lowest BCUT2D eigenvalue weighted by atomic mass is 10.2.